The molecule has 270 valence electrons. The molecule has 0 bridgehead atoms. The van der Waals surface area contributed by atoms with Gasteiger partial charge in [-0.25, -0.2) is 18.1 Å². The van der Waals surface area contributed by atoms with E-state index in [-0.39, 0.29) is 0 Å². The topological polar surface area (TPSA) is 131 Å². The van der Waals surface area contributed by atoms with Crippen molar-refractivity contribution in [1.82, 2.24) is 21.3 Å². The van der Waals surface area contributed by atoms with Gasteiger partial charge in [0, 0.05) is 24.2 Å². The highest BCUT2D eigenvalue weighted by molar-refractivity contribution is 7.60. The van der Waals surface area contributed by atoms with Crippen molar-refractivity contribution in [2.45, 2.75) is 115 Å². The van der Waals surface area contributed by atoms with Crippen LogP contribution in [0.15, 0.2) is 60.7 Å². The third-order valence-electron chi connectivity index (χ3n) is 9.88. The van der Waals surface area contributed by atoms with Crippen molar-refractivity contribution in [2.24, 2.45) is 0 Å². The van der Waals surface area contributed by atoms with Crippen LogP contribution < -0.4 is 31.1 Å². The molecule has 2 saturated heterocycles. The van der Waals surface area contributed by atoms with E-state index in [4.69, 9.17) is 18.1 Å². The van der Waals surface area contributed by atoms with E-state index in [0.717, 1.165) is 63.0 Å². The molecule has 2 fully saturated rings. The highest BCUT2D eigenvalue weighted by Crippen LogP contribution is 2.74. The Kier molecular flexibility index (Phi) is 13.6. The number of benzene rings is 2. The molecule has 0 spiro atoms. The fourth-order valence-corrected chi connectivity index (χ4v) is 11.4. The summed E-state index contributed by atoms with van der Waals surface area (Å²) in [6, 6.07) is 19.6. The molecule has 10 nitrogen and oxygen atoms in total. The van der Waals surface area contributed by atoms with Crippen molar-refractivity contribution in [3.63, 3.8) is 0 Å². The van der Waals surface area contributed by atoms with E-state index in [1.165, 1.54) is 0 Å². The number of hydrogen-bond donors (Lipinski definition) is 4. The Labute approximate surface area is 290 Å². The van der Waals surface area contributed by atoms with Crippen molar-refractivity contribution >= 4 is 15.9 Å². The molecule has 0 saturated carbocycles. The number of rotatable bonds is 19. The van der Waals surface area contributed by atoms with Gasteiger partial charge in [0.15, 0.2) is 11.6 Å². The zero-order valence-corrected chi connectivity index (χ0v) is 32.1. The normalized spacial score (nSPS) is 22.8. The Morgan fingerprint density at radius 1 is 0.479 bits per heavy atom. The largest absolute Gasteiger partial charge is 0.630 e. The minimum Gasteiger partial charge on any atom is -0.630 e. The lowest BCUT2D eigenvalue weighted by Crippen LogP contribution is -2.41. The van der Waals surface area contributed by atoms with Crippen molar-refractivity contribution in [3.8, 4) is 0 Å². The first kappa shape index (κ1) is 39.7. The van der Waals surface area contributed by atoms with Crippen molar-refractivity contribution in [1.29, 1.82) is 0 Å². The van der Waals surface area contributed by atoms with Crippen molar-refractivity contribution < 1.29 is 27.9 Å². The molecule has 2 atom stereocenters. The first-order valence-electron chi connectivity index (χ1n) is 17.5. The van der Waals surface area contributed by atoms with Gasteiger partial charge < -0.3 is 20.4 Å². The third kappa shape index (κ3) is 9.81. The number of unbranched alkanes of at least 4 members (excludes halogenated alkanes) is 1. The maximum atomic E-state index is 13.9. The monoisotopic (exact) mass is 706 g/mol. The van der Waals surface area contributed by atoms with Gasteiger partial charge in [-0.05, 0) is 107 Å². The van der Waals surface area contributed by atoms with E-state index in [9.17, 15) is 9.79 Å². The van der Waals surface area contributed by atoms with Gasteiger partial charge in [-0.2, -0.15) is 0 Å². The molecule has 0 amide bonds. The number of hydrogen-bond acceptors (Lipinski definition) is 10. The minimum atomic E-state index is -3.43. The maximum Gasteiger partial charge on any atom is 0.261 e. The molecule has 0 aromatic heterocycles. The predicted octanol–water partition coefficient (Wildman–Crippen LogP) is 5.76. The zero-order valence-electron chi connectivity index (χ0n) is 30.3. The fraction of sp³-hybridized carbons (Fsp3) is 0.667. The summed E-state index contributed by atoms with van der Waals surface area (Å²) in [7, 11) is -6.87. The molecule has 2 aliphatic heterocycles. The van der Waals surface area contributed by atoms with E-state index >= 15 is 0 Å². The van der Waals surface area contributed by atoms with Crippen LogP contribution in [0.4, 0.5) is 0 Å². The lowest BCUT2D eigenvalue weighted by atomic mass is 9.90. The molecule has 0 aliphatic carbocycles. The predicted molar refractivity (Wildman–Crippen MR) is 193 cm³/mol. The Morgan fingerprint density at radius 3 is 1.08 bits per heavy atom. The highest BCUT2D eigenvalue weighted by atomic mass is 31.2. The zero-order chi connectivity index (χ0) is 35.1. The van der Waals surface area contributed by atoms with Crippen LogP contribution in [0.3, 0.4) is 0 Å². The molecule has 2 unspecified atom stereocenters. The highest BCUT2D eigenvalue weighted by Gasteiger charge is 2.64. The van der Waals surface area contributed by atoms with Crippen molar-refractivity contribution in [3.05, 3.63) is 71.8 Å². The Hall–Kier alpha value is -1.10. The third-order valence-corrected chi connectivity index (χ3v) is 14.9. The molecule has 12 heteroatoms. The molecule has 2 aliphatic rings. The quantitative estimate of drug-likeness (QED) is 0.106. The van der Waals surface area contributed by atoms with E-state index in [1.54, 1.807) is 0 Å². The second kappa shape index (κ2) is 16.5. The van der Waals surface area contributed by atoms with Crippen LogP contribution in [-0.4, -0.2) is 61.7 Å². The summed E-state index contributed by atoms with van der Waals surface area (Å²) < 4.78 is 24.5. The lowest BCUT2D eigenvalue weighted by molar-refractivity contribution is -0.217. The Bertz CT molecular complexity index is 1140. The molecular formula is C36H60N4O6P2. The van der Waals surface area contributed by atoms with Gasteiger partial charge in [0.1, 0.15) is 22.4 Å². The summed E-state index contributed by atoms with van der Waals surface area (Å²) in [6.45, 7) is 20.5. The van der Waals surface area contributed by atoms with E-state index in [1.807, 2.05) is 116 Å². The Balaban J connectivity index is 1.09. The van der Waals surface area contributed by atoms with Gasteiger partial charge >= 0.3 is 0 Å². The van der Waals surface area contributed by atoms with Crippen LogP contribution in [0.25, 0.3) is 0 Å². The van der Waals surface area contributed by atoms with E-state index in [0.29, 0.717) is 13.1 Å². The Morgan fingerprint density at radius 2 is 0.771 bits per heavy atom. The average Bonchev–Trinajstić information content (AvgIpc) is 3.29. The first-order chi connectivity index (χ1) is 22.5. The van der Waals surface area contributed by atoms with Crippen LogP contribution in [0, 0.1) is 0 Å². The summed E-state index contributed by atoms with van der Waals surface area (Å²) in [5.41, 5.74) is -0.828. The molecule has 2 aromatic rings. The lowest BCUT2D eigenvalue weighted by Gasteiger charge is -2.32. The van der Waals surface area contributed by atoms with Crippen LogP contribution in [0.2, 0.25) is 0 Å². The molecular weight excluding hydrogens is 646 g/mol. The summed E-state index contributed by atoms with van der Waals surface area (Å²) in [4.78, 5) is 27.9. The van der Waals surface area contributed by atoms with Crippen LogP contribution in [0.5, 0.6) is 0 Å². The van der Waals surface area contributed by atoms with E-state index in [2.05, 4.69) is 21.3 Å². The molecule has 2 heterocycles. The van der Waals surface area contributed by atoms with Gasteiger partial charge in [-0.15, -0.1) is 0 Å². The van der Waals surface area contributed by atoms with Gasteiger partial charge in [-0.3, -0.25) is 10.6 Å². The maximum absolute atomic E-state index is 13.9. The van der Waals surface area contributed by atoms with Gasteiger partial charge in [-0.1, -0.05) is 60.7 Å². The molecule has 4 N–H and O–H groups in total. The molecule has 48 heavy (non-hydrogen) atoms. The van der Waals surface area contributed by atoms with Crippen LogP contribution >= 0.6 is 15.9 Å². The van der Waals surface area contributed by atoms with Gasteiger partial charge in [0.2, 0.25) is 0 Å². The first-order valence-corrected chi connectivity index (χ1v) is 20.7. The minimum absolute atomic E-state index is 0.517. The second-order valence-corrected chi connectivity index (χ2v) is 18.9. The average molecular weight is 707 g/mol. The van der Waals surface area contributed by atoms with Gasteiger partial charge in [0.05, 0.1) is 0 Å². The number of nitrogens with one attached hydrogen (secondary N) is 4. The van der Waals surface area contributed by atoms with E-state index < -0.39 is 49.9 Å². The molecule has 2 aromatic carbocycles. The summed E-state index contributed by atoms with van der Waals surface area (Å²) >= 11 is 0. The summed E-state index contributed by atoms with van der Waals surface area (Å²) in [6.07, 6.45) is 3.93. The smallest absolute Gasteiger partial charge is 0.261 e. The fourth-order valence-electron chi connectivity index (χ4n) is 5.71. The second-order valence-electron chi connectivity index (χ2n) is 14.9. The van der Waals surface area contributed by atoms with Crippen LogP contribution in [0.1, 0.15) is 104 Å². The van der Waals surface area contributed by atoms with Crippen LogP contribution in [-0.2, 0) is 18.1 Å². The standard InChI is InChI=1S/C36H60N4O6P2/c1-33(2)34(3,4)44-47(41,43-33)31(29-19-11-9-12-20-29)39-27-17-25-37-23-15-16-24-38-26-18-28-40-32(30-21-13-10-14-22-30)48(42)45-35(5,6)36(7,8)46-48/h9-14,19-22,31-32,37-40H,15-18,23-28H2,1-8H3. The SMILES string of the molecule is CC1(C)O[P+]([O-])(C(NCCCNCCCCNCCCNC(c2ccccc2)[P+]2([O-])OC(C)(C)C(C)(C)O2)c2ccccc2)OC1(C)C. The summed E-state index contributed by atoms with van der Waals surface area (Å²) in [5, 5.41) is 14.0. The van der Waals surface area contributed by atoms with Gasteiger partial charge in [0.25, 0.3) is 15.9 Å². The summed E-state index contributed by atoms with van der Waals surface area (Å²) in [5.74, 6) is -1.03. The molecule has 0 radical (unpaired) electrons. The van der Waals surface area contributed by atoms with Crippen molar-refractivity contribution in [2.75, 3.05) is 39.3 Å². The molecule has 4 rings (SSSR count).